The van der Waals surface area contributed by atoms with Crippen LogP contribution >= 0.6 is 11.3 Å². The Morgan fingerprint density at radius 3 is 2.71 bits per heavy atom. The molecule has 2 aromatic carbocycles. The number of oxazole rings is 1. The van der Waals surface area contributed by atoms with Crippen molar-refractivity contribution < 1.29 is 18.3 Å². The lowest BCUT2D eigenvalue weighted by molar-refractivity contribution is 0.0639. The fourth-order valence-corrected chi connectivity index (χ4v) is 5.62. The lowest BCUT2D eigenvalue weighted by Gasteiger charge is -2.26. The monoisotopic (exact) mass is 479 g/mol. The zero-order valence-corrected chi connectivity index (χ0v) is 20.1. The van der Waals surface area contributed by atoms with Gasteiger partial charge in [0.25, 0.3) is 5.91 Å². The Bertz CT molecular complexity index is 1280. The second kappa shape index (κ2) is 9.18. The van der Waals surface area contributed by atoms with Gasteiger partial charge in [-0.15, -0.1) is 11.3 Å². The first-order valence-corrected chi connectivity index (χ1v) is 12.3. The van der Waals surface area contributed by atoms with Gasteiger partial charge in [-0.2, -0.15) is 4.98 Å². The Morgan fingerprint density at radius 2 is 1.97 bits per heavy atom. The number of hydrogen-bond donors (Lipinski definition) is 0. The standard InChI is InChI=1S/C26H26FN3O3S/c1-4-17-13-30(21(15(17)2)14-32-26-29-20-7-5-6-8-22(20)33-26)25(31)23-24(34-16(3)28-23)18-9-11-19(27)12-10-18/h5-12,15,17,21H,4,13-14H2,1-3H3. The normalized spacial score (nSPS) is 20.2. The van der Waals surface area contributed by atoms with Gasteiger partial charge < -0.3 is 14.1 Å². The van der Waals surface area contributed by atoms with Crippen LogP contribution in [0.2, 0.25) is 0 Å². The Hall–Kier alpha value is -3.26. The molecule has 3 heterocycles. The molecule has 5 rings (SSSR count). The molecule has 2 aromatic heterocycles. The Labute approximate surface area is 201 Å². The third-order valence-electron chi connectivity index (χ3n) is 6.66. The van der Waals surface area contributed by atoms with E-state index in [9.17, 15) is 9.18 Å². The van der Waals surface area contributed by atoms with Gasteiger partial charge in [-0.1, -0.05) is 44.5 Å². The maximum absolute atomic E-state index is 13.8. The number of fused-ring (bicyclic) bond motifs is 1. The lowest BCUT2D eigenvalue weighted by atomic mass is 9.91. The summed E-state index contributed by atoms with van der Waals surface area (Å²) in [7, 11) is 0. The van der Waals surface area contributed by atoms with E-state index < -0.39 is 0 Å². The van der Waals surface area contributed by atoms with Crippen molar-refractivity contribution in [1.82, 2.24) is 14.9 Å². The van der Waals surface area contributed by atoms with Crippen LogP contribution in [0.15, 0.2) is 52.9 Å². The van der Waals surface area contributed by atoms with Crippen molar-refractivity contribution in [2.75, 3.05) is 13.2 Å². The summed E-state index contributed by atoms with van der Waals surface area (Å²) in [5.41, 5.74) is 2.59. The molecule has 4 aromatic rings. The highest BCUT2D eigenvalue weighted by Gasteiger charge is 2.42. The van der Waals surface area contributed by atoms with Crippen LogP contribution in [0.5, 0.6) is 6.08 Å². The topological polar surface area (TPSA) is 68.5 Å². The molecule has 0 N–H and O–H groups in total. The summed E-state index contributed by atoms with van der Waals surface area (Å²) in [6.07, 6.45) is 1.17. The quantitative estimate of drug-likeness (QED) is 0.341. The van der Waals surface area contributed by atoms with E-state index in [2.05, 4.69) is 23.8 Å². The number of rotatable bonds is 6. The summed E-state index contributed by atoms with van der Waals surface area (Å²) in [5, 5.41) is 0.793. The molecule has 1 amide bonds. The van der Waals surface area contributed by atoms with Crippen LogP contribution in [-0.4, -0.2) is 40.0 Å². The highest BCUT2D eigenvalue weighted by molar-refractivity contribution is 7.15. The fraction of sp³-hybridized carbons (Fsp3) is 0.346. The molecule has 34 heavy (non-hydrogen) atoms. The van der Waals surface area contributed by atoms with Gasteiger partial charge in [0.05, 0.1) is 15.9 Å². The number of carbonyl (C=O) groups is 1. The minimum absolute atomic E-state index is 0.127. The first kappa shape index (κ1) is 22.5. The van der Waals surface area contributed by atoms with E-state index >= 15 is 0 Å². The van der Waals surface area contributed by atoms with Crippen LogP contribution in [0.3, 0.4) is 0 Å². The number of aryl methyl sites for hydroxylation is 1. The van der Waals surface area contributed by atoms with Gasteiger partial charge in [0.2, 0.25) is 0 Å². The predicted molar refractivity (Wildman–Crippen MR) is 130 cm³/mol. The van der Waals surface area contributed by atoms with Gasteiger partial charge >= 0.3 is 6.08 Å². The first-order chi connectivity index (χ1) is 16.4. The highest BCUT2D eigenvalue weighted by Crippen LogP contribution is 2.37. The van der Waals surface area contributed by atoms with Crippen LogP contribution in [0.1, 0.15) is 35.8 Å². The van der Waals surface area contributed by atoms with Crippen molar-refractivity contribution in [2.24, 2.45) is 11.8 Å². The van der Waals surface area contributed by atoms with Crippen LogP contribution in [-0.2, 0) is 0 Å². The Balaban J connectivity index is 1.41. The molecule has 1 aliphatic rings. The predicted octanol–water partition coefficient (Wildman–Crippen LogP) is 5.96. The molecular formula is C26H26FN3O3S. The molecular weight excluding hydrogens is 453 g/mol. The molecule has 0 saturated carbocycles. The summed E-state index contributed by atoms with van der Waals surface area (Å²) in [5.74, 6) is 0.161. The molecule has 3 unspecified atom stereocenters. The fourth-order valence-electron chi connectivity index (χ4n) is 4.70. The van der Waals surface area contributed by atoms with E-state index in [1.165, 1.54) is 23.5 Å². The van der Waals surface area contributed by atoms with Crippen LogP contribution in [0, 0.1) is 24.6 Å². The minimum atomic E-state index is -0.312. The number of carbonyl (C=O) groups excluding carboxylic acids is 1. The number of thiazole rings is 1. The molecule has 176 valence electrons. The van der Waals surface area contributed by atoms with Crippen molar-refractivity contribution in [3.8, 4) is 16.5 Å². The van der Waals surface area contributed by atoms with E-state index in [0.717, 1.165) is 27.4 Å². The number of likely N-dealkylation sites (tertiary alicyclic amines) is 1. The number of benzene rings is 2. The maximum Gasteiger partial charge on any atom is 0.394 e. The summed E-state index contributed by atoms with van der Waals surface area (Å²) < 4.78 is 25.1. The Kier molecular flexibility index (Phi) is 6.08. The lowest BCUT2D eigenvalue weighted by Crippen LogP contribution is -2.41. The van der Waals surface area contributed by atoms with Gasteiger partial charge in [-0.25, -0.2) is 9.37 Å². The summed E-state index contributed by atoms with van der Waals surface area (Å²) in [6, 6.07) is 13.5. The molecule has 0 radical (unpaired) electrons. The molecule has 6 nitrogen and oxygen atoms in total. The smallest absolute Gasteiger partial charge is 0.394 e. The largest absolute Gasteiger partial charge is 0.448 e. The molecule has 1 fully saturated rings. The van der Waals surface area contributed by atoms with Crippen LogP contribution in [0.4, 0.5) is 4.39 Å². The molecule has 0 aliphatic carbocycles. The molecule has 0 bridgehead atoms. The number of halogens is 1. The van der Waals surface area contributed by atoms with E-state index in [-0.39, 0.29) is 36.4 Å². The SMILES string of the molecule is CCC1CN(C(=O)c2nc(C)sc2-c2ccc(F)cc2)C(COc2nc3ccccc3o2)C1C. The average molecular weight is 480 g/mol. The highest BCUT2D eigenvalue weighted by atomic mass is 32.1. The van der Waals surface area contributed by atoms with Crippen molar-refractivity contribution in [3.05, 3.63) is 65.0 Å². The minimum Gasteiger partial charge on any atom is -0.448 e. The van der Waals surface area contributed by atoms with Crippen molar-refractivity contribution in [2.45, 2.75) is 33.2 Å². The van der Waals surface area contributed by atoms with E-state index in [0.29, 0.717) is 23.7 Å². The summed E-state index contributed by atoms with van der Waals surface area (Å²) >= 11 is 1.44. The molecule has 0 spiro atoms. The van der Waals surface area contributed by atoms with Crippen molar-refractivity contribution in [3.63, 3.8) is 0 Å². The van der Waals surface area contributed by atoms with Gasteiger partial charge in [0, 0.05) is 6.54 Å². The van der Waals surface area contributed by atoms with Gasteiger partial charge in [-0.3, -0.25) is 4.79 Å². The number of amides is 1. The molecule has 3 atom stereocenters. The number of hydrogen-bond acceptors (Lipinski definition) is 6. The van der Waals surface area contributed by atoms with E-state index in [1.807, 2.05) is 36.1 Å². The van der Waals surface area contributed by atoms with Gasteiger partial charge in [0.15, 0.2) is 5.58 Å². The Morgan fingerprint density at radius 1 is 1.21 bits per heavy atom. The average Bonchev–Trinajstić information content (AvgIpc) is 3.52. The number of nitrogens with zero attached hydrogens (tertiary/aromatic N) is 3. The van der Waals surface area contributed by atoms with E-state index in [4.69, 9.17) is 9.15 Å². The van der Waals surface area contributed by atoms with Gasteiger partial charge in [0.1, 0.15) is 23.6 Å². The maximum atomic E-state index is 13.8. The zero-order valence-electron chi connectivity index (χ0n) is 19.3. The number of ether oxygens (including phenoxy) is 1. The third kappa shape index (κ3) is 4.18. The van der Waals surface area contributed by atoms with Crippen LogP contribution in [0.25, 0.3) is 21.5 Å². The van der Waals surface area contributed by atoms with Crippen molar-refractivity contribution >= 4 is 28.3 Å². The number of aromatic nitrogens is 2. The van der Waals surface area contributed by atoms with Gasteiger partial charge in [-0.05, 0) is 48.6 Å². The molecule has 1 aliphatic heterocycles. The molecule has 8 heteroatoms. The first-order valence-electron chi connectivity index (χ1n) is 11.5. The summed E-state index contributed by atoms with van der Waals surface area (Å²) in [4.78, 5) is 25.4. The third-order valence-corrected chi connectivity index (χ3v) is 7.68. The summed E-state index contributed by atoms with van der Waals surface area (Å²) in [6.45, 7) is 7.10. The van der Waals surface area contributed by atoms with Crippen molar-refractivity contribution in [1.29, 1.82) is 0 Å². The zero-order chi connectivity index (χ0) is 23.8. The molecule has 1 saturated heterocycles. The van der Waals surface area contributed by atoms with Crippen LogP contribution < -0.4 is 4.74 Å². The second-order valence-electron chi connectivity index (χ2n) is 8.73. The van der Waals surface area contributed by atoms with E-state index in [1.54, 1.807) is 12.1 Å². The number of para-hydroxylation sites is 2. The second-order valence-corrected chi connectivity index (χ2v) is 9.93.